The first-order chi connectivity index (χ1) is 11.2. The van der Waals surface area contributed by atoms with Crippen LogP contribution in [-0.2, 0) is 16.2 Å². The van der Waals surface area contributed by atoms with Gasteiger partial charge in [0.1, 0.15) is 0 Å². The summed E-state index contributed by atoms with van der Waals surface area (Å²) in [6.45, 7) is 33.7. The molecular formula is C24H44LiPSi. The molecule has 0 saturated heterocycles. The molecule has 1 aromatic carbocycles. The van der Waals surface area contributed by atoms with Gasteiger partial charge in [0.15, 0.2) is 0 Å². The van der Waals surface area contributed by atoms with Crippen LogP contribution in [0.4, 0.5) is 0 Å². The van der Waals surface area contributed by atoms with Crippen molar-refractivity contribution in [2.75, 3.05) is 0 Å². The fraction of sp³-hybridized carbons (Fsp3) is 0.750. The number of rotatable bonds is 2. The van der Waals surface area contributed by atoms with Gasteiger partial charge in [-0.3, -0.25) is 0 Å². The van der Waals surface area contributed by atoms with E-state index in [0.717, 1.165) is 0 Å². The molecule has 0 nitrogen and oxygen atoms in total. The molecule has 0 aromatic heterocycles. The zero-order valence-corrected chi connectivity index (χ0v) is 23.0. The third kappa shape index (κ3) is 6.74. The summed E-state index contributed by atoms with van der Waals surface area (Å²) >= 11 is 0. The number of hydrogen-bond acceptors (Lipinski definition) is 0. The topological polar surface area (TPSA) is 0 Å². The number of hydrogen-bond donors (Lipinski definition) is 0. The van der Waals surface area contributed by atoms with Gasteiger partial charge in [0.2, 0.25) is 0 Å². The second-order valence-corrected chi connectivity index (χ2v) is 21.9. The van der Waals surface area contributed by atoms with Crippen molar-refractivity contribution in [2.24, 2.45) is 0 Å². The van der Waals surface area contributed by atoms with Crippen molar-refractivity contribution in [3.8, 4) is 0 Å². The van der Waals surface area contributed by atoms with E-state index in [1.165, 1.54) is 5.56 Å². The Morgan fingerprint density at radius 2 is 0.963 bits per heavy atom. The molecule has 0 radical (unpaired) electrons. The summed E-state index contributed by atoms with van der Waals surface area (Å²) in [6, 6.07) is 5.04. The molecule has 0 aliphatic heterocycles. The second-order valence-electron chi connectivity index (χ2n) is 12.6. The van der Waals surface area contributed by atoms with Gasteiger partial charge in [-0.2, -0.15) is 5.30 Å². The van der Waals surface area contributed by atoms with Gasteiger partial charge in [-0.05, 0) is 21.8 Å². The molecule has 27 heavy (non-hydrogen) atoms. The first-order valence-electron chi connectivity index (χ1n) is 10.1. The molecule has 0 atom stereocenters. The Labute approximate surface area is 185 Å². The Hall–Kier alpha value is 0.464. The zero-order valence-electron chi connectivity index (χ0n) is 21.1. The first kappa shape index (κ1) is 27.5. The van der Waals surface area contributed by atoms with Crippen LogP contribution in [-0.4, -0.2) is 7.74 Å². The molecule has 0 unspecified atom stereocenters. The summed E-state index contributed by atoms with van der Waals surface area (Å²) in [5, 5.41) is 2.01. The van der Waals surface area contributed by atoms with Crippen LogP contribution in [0.5, 0.6) is 0 Å². The minimum absolute atomic E-state index is 0. The fourth-order valence-electron chi connectivity index (χ4n) is 2.78. The molecule has 3 heteroatoms. The zero-order chi connectivity index (χ0) is 20.9. The first-order valence-corrected chi connectivity index (χ1v) is 14.8. The fourth-order valence-corrected chi connectivity index (χ4v) is 8.12. The van der Waals surface area contributed by atoms with Crippen LogP contribution >= 0.6 is 8.13 Å². The van der Waals surface area contributed by atoms with Crippen molar-refractivity contribution in [1.82, 2.24) is 0 Å². The molecule has 0 aliphatic rings. The normalized spacial score (nSPS) is 14.6. The summed E-state index contributed by atoms with van der Waals surface area (Å²) in [4.78, 5) is 0. The van der Waals surface area contributed by atoms with Crippen LogP contribution in [0.25, 0.3) is 0 Å². The standard InChI is InChI=1S/C24H44PSi.Li/c1-21(2,3)17-15-18(22(4,5)6)20(19(16-17)23(7,8)9)25-26(13,14)24(10,11)12;/h15-16H,1-14H3;/q-1;+1. The van der Waals surface area contributed by atoms with E-state index in [0.29, 0.717) is 5.04 Å². The molecule has 0 bridgehead atoms. The van der Waals surface area contributed by atoms with Crippen molar-refractivity contribution in [3.05, 3.63) is 28.8 Å². The van der Waals surface area contributed by atoms with Crippen molar-refractivity contribution in [2.45, 2.75) is 117 Å². The Balaban J connectivity index is 0.00000676. The third-order valence-electron chi connectivity index (χ3n) is 5.82. The Morgan fingerprint density at radius 1 is 0.630 bits per heavy atom. The predicted octanol–water partition coefficient (Wildman–Crippen LogP) is 5.16. The second kappa shape index (κ2) is 8.30. The molecule has 0 amide bonds. The van der Waals surface area contributed by atoms with E-state index in [9.17, 15) is 0 Å². The summed E-state index contributed by atoms with van der Waals surface area (Å²) in [5.41, 5.74) is 5.08. The van der Waals surface area contributed by atoms with Gasteiger partial charge >= 0.3 is 18.9 Å². The van der Waals surface area contributed by atoms with Crippen LogP contribution in [0.2, 0.25) is 18.1 Å². The summed E-state index contributed by atoms with van der Waals surface area (Å²) in [6.07, 6.45) is 0. The summed E-state index contributed by atoms with van der Waals surface area (Å²) in [7, 11) is 0.125. The van der Waals surface area contributed by atoms with Crippen LogP contribution < -0.4 is 24.2 Å². The Kier molecular flexibility index (Phi) is 8.44. The van der Waals surface area contributed by atoms with E-state index in [4.69, 9.17) is 0 Å². The Morgan fingerprint density at radius 3 is 1.19 bits per heavy atom. The minimum Gasteiger partial charge on any atom is -0.506 e. The maximum Gasteiger partial charge on any atom is 1.00 e. The third-order valence-corrected chi connectivity index (χ3v) is 15.1. The SMILES string of the molecule is CC(C)(C)c1cc(C(C)(C)C)c([P-][Si](C)(C)C(C)(C)C)c(C(C)(C)C)c1.[Li+]. The van der Waals surface area contributed by atoms with Gasteiger partial charge in [-0.25, -0.2) is 0 Å². The van der Waals surface area contributed by atoms with Gasteiger partial charge in [-0.1, -0.05) is 132 Å². The van der Waals surface area contributed by atoms with Crippen molar-refractivity contribution < 1.29 is 18.9 Å². The molecule has 0 saturated carbocycles. The molecule has 0 aliphatic carbocycles. The van der Waals surface area contributed by atoms with Crippen molar-refractivity contribution >= 4 is 21.2 Å². The van der Waals surface area contributed by atoms with E-state index in [-0.39, 0.29) is 35.1 Å². The molecular weight excluding hydrogens is 354 g/mol. The van der Waals surface area contributed by atoms with Crippen molar-refractivity contribution in [1.29, 1.82) is 0 Å². The predicted molar refractivity (Wildman–Crippen MR) is 126 cm³/mol. The van der Waals surface area contributed by atoms with E-state index in [1.807, 2.05) is 0 Å². The minimum atomic E-state index is -1.46. The smallest absolute Gasteiger partial charge is 0.506 e. The van der Waals surface area contributed by atoms with Crippen LogP contribution in [0.3, 0.4) is 0 Å². The van der Waals surface area contributed by atoms with Gasteiger partial charge in [0.05, 0.1) is 0 Å². The molecule has 1 aromatic rings. The molecule has 0 heterocycles. The van der Waals surface area contributed by atoms with Crippen molar-refractivity contribution in [3.63, 3.8) is 0 Å². The quantitative estimate of drug-likeness (QED) is 0.477. The van der Waals surface area contributed by atoms with E-state index in [2.05, 4.69) is 108 Å². The molecule has 150 valence electrons. The van der Waals surface area contributed by atoms with E-state index >= 15 is 0 Å². The molecule has 0 spiro atoms. The maximum atomic E-state index is 2.56. The summed E-state index contributed by atoms with van der Waals surface area (Å²) < 4.78 is 0. The molecule has 0 fully saturated rings. The van der Waals surface area contributed by atoms with Crippen LogP contribution in [0.15, 0.2) is 12.1 Å². The van der Waals surface area contributed by atoms with Gasteiger partial charge in [0.25, 0.3) is 0 Å². The average molecular weight is 399 g/mol. The molecule has 0 N–H and O–H groups in total. The monoisotopic (exact) mass is 398 g/mol. The van der Waals surface area contributed by atoms with Gasteiger partial charge < -0.3 is 8.13 Å². The maximum absolute atomic E-state index is 2.56. The van der Waals surface area contributed by atoms with Gasteiger partial charge in [-0.15, -0.1) is 0 Å². The largest absolute Gasteiger partial charge is 1.00 e. The average Bonchev–Trinajstić information content (AvgIpc) is 2.32. The van der Waals surface area contributed by atoms with Crippen LogP contribution in [0, 0.1) is 0 Å². The van der Waals surface area contributed by atoms with Gasteiger partial charge in [0, 0.05) is 0 Å². The summed E-state index contributed by atoms with van der Waals surface area (Å²) in [5.74, 6) is 0. The molecule has 1 rings (SSSR count). The van der Waals surface area contributed by atoms with Crippen LogP contribution in [0.1, 0.15) is 99.8 Å². The van der Waals surface area contributed by atoms with E-state index in [1.54, 1.807) is 24.6 Å². The van der Waals surface area contributed by atoms with E-state index < -0.39 is 7.74 Å². The number of benzene rings is 1. The Bertz CT molecular complexity index is 612.